The van der Waals surface area contributed by atoms with Gasteiger partial charge in [-0.3, -0.25) is 4.79 Å². The maximum absolute atomic E-state index is 11.7. The van der Waals surface area contributed by atoms with Crippen molar-refractivity contribution in [1.29, 1.82) is 5.26 Å². The number of hydrogen-bond donors (Lipinski definition) is 0. The van der Waals surface area contributed by atoms with E-state index < -0.39 is 0 Å². The third-order valence-electron chi connectivity index (χ3n) is 2.96. The van der Waals surface area contributed by atoms with Gasteiger partial charge < -0.3 is 4.90 Å². The van der Waals surface area contributed by atoms with Crippen molar-refractivity contribution in [3.05, 3.63) is 34.3 Å². The Kier molecular flexibility index (Phi) is 3.65. The van der Waals surface area contributed by atoms with Crippen molar-refractivity contribution in [3.63, 3.8) is 0 Å². The van der Waals surface area contributed by atoms with Crippen molar-refractivity contribution in [2.75, 3.05) is 6.54 Å². The number of nitriles is 1. The highest BCUT2D eigenvalue weighted by Crippen LogP contribution is 2.21. The van der Waals surface area contributed by atoms with E-state index in [4.69, 9.17) is 16.9 Å². The zero-order valence-corrected chi connectivity index (χ0v) is 10.2. The fourth-order valence-electron chi connectivity index (χ4n) is 1.98. The van der Waals surface area contributed by atoms with Gasteiger partial charge in [-0.15, -0.1) is 0 Å². The van der Waals surface area contributed by atoms with Crippen LogP contribution in [-0.2, 0) is 11.3 Å². The highest BCUT2D eigenvalue weighted by Gasteiger charge is 2.18. The van der Waals surface area contributed by atoms with Crippen molar-refractivity contribution in [2.45, 2.75) is 25.8 Å². The molecule has 1 aromatic rings. The molecule has 0 radical (unpaired) electrons. The molecule has 3 nitrogen and oxygen atoms in total. The molecule has 0 aliphatic carbocycles. The van der Waals surface area contributed by atoms with Crippen molar-refractivity contribution >= 4 is 17.5 Å². The van der Waals surface area contributed by atoms with Crippen molar-refractivity contribution in [1.82, 2.24) is 4.90 Å². The number of nitrogens with zero attached hydrogens (tertiary/aromatic N) is 2. The Morgan fingerprint density at radius 2 is 2.24 bits per heavy atom. The van der Waals surface area contributed by atoms with Crippen LogP contribution in [0.25, 0.3) is 0 Å². The van der Waals surface area contributed by atoms with Crippen LogP contribution in [-0.4, -0.2) is 17.4 Å². The molecule has 0 aromatic heterocycles. The van der Waals surface area contributed by atoms with Gasteiger partial charge in [0.05, 0.1) is 11.6 Å². The van der Waals surface area contributed by atoms with Gasteiger partial charge in [-0.1, -0.05) is 17.7 Å². The second-order valence-corrected chi connectivity index (χ2v) is 4.60. The number of likely N-dealkylation sites (tertiary alicyclic amines) is 1. The van der Waals surface area contributed by atoms with Crippen LogP contribution in [0, 0.1) is 11.3 Å². The second-order valence-electron chi connectivity index (χ2n) is 4.19. The lowest BCUT2D eigenvalue weighted by Crippen LogP contribution is -2.34. The summed E-state index contributed by atoms with van der Waals surface area (Å²) in [7, 11) is 0. The van der Waals surface area contributed by atoms with Gasteiger partial charge in [0.15, 0.2) is 0 Å². The lowest BCUT2D eigenvalue weighted by atomic mass is 10.1. The predicted octanol–water partition coefficient (Wildman–Crippen LogP) is 2.72. The molecule has 88 valence electrons. The zero-order chi connectivity index (χ0) is 12.3. The number of benzene rings is 1. The molecule has 1 heterocycles. The molecule has 17 heavy (non-hydrogen) atoms. The number of carbonyl (C=O) groups excluding carboxylic acids is 1. The second kappa shape index (κ2) is 5.20. The van der Waals surface area contributed by atoms with E-state index in [1.165, 1.54) is 0 Å². The van der Waals surface area contributed by atoms with Gasteiger partial charge in [0, 0.05) is 24.5 Å². The summed E-state index contributed by atoms with van der Waals surface area (Å²) in [6, 6.07) is 7.24. The Morgan fingerprint density at radius 1 is 1.41 bits per heavy atom. The molecule has 1 saturated heterocycles. The number of rotatable bonds is 2. The third kappa shape index (κ3) is 2.78. The Balaban J connectivity index is 2.13. The molecule has 1 amide bonds. The largest absolute Gasteiger partial charge is 0.338 e. The van der Waals surface area contributed by atoms with Crippen LogP contribution in [0.3, 0.4) is 0 Å². The van der Waals surface area contributed by atoms with Gasteiger partial charge in [0.25, 0.3) is 0 Å². The highest BCUT2D eigenvalue weighted by molar-refractivity contribution is 6.31. The van der Waals surface area contributed by atoms with E-state index in [2.05, 4.69) is 0 Å². The molecule has 4 heteroatoms. The van der Waals surface area contributed by atoms with Gasteiger partial charge in [-0.2, -0.15) is 5.26 Å². The van der Waals surface area contributed by atoms with Crippen molar-refractivity contribution < 1.29 is 4.79 Å². The van der Waals surface area contributed by atoms with E-state index in [0.717, 1.165) is 24.9 Å². The highest BCUT2D eigenvalue weighted by atomic mass is 35.5. The maximum Gasteiger partial charge on any atom is 0.222 e. The van der Waals surface area contributed by atoms with Crippen LogP contribution in [0.1, 0.15) is 30.4 Å². The van der Waals surface area contributed by atoms with Gasteiger partial charge in [-0.25, -0.2) is 0 Å². The molecule has 1 aliphatic rings. The summed E-state index contributed by atoms with van der Waals surface area (Å²) in [4.78, 5) is 13.5. The topological polar surface area (TPSA) is 44.1 Å². The Hall–Kier alpha value is -1.53. The van der Waals surface area contributed by atoms with E-state index in [1.807, 2.05) is 17.0 Å². The normalized spacial score (nSPS) is 15.8. The molecule has 2 rings (SSSR count). The zero-order valence-electron chi connectivity index (χ0n) is 9.45. The monoisotopic (exact) mass is 248 g/mol. The predicted molar refractivity (Wildman–Crippen MR) is 65.4 cm³/mol. The van der Waals surface area contributed by atoms with Crippen molar-refractivity contribution in [3.8, 4) is 6.07 Å². The fourth-order valence-corrected chi connectivity index (χ4v) is 2.22. The lowest BCUT2D eigenvalue weighted by molar-refractivity contribution is -0.133. The van der Waals surface area contributed by atoms with Crippen LogP contribution in [0.5, 0.6) is 0 Å². The lowest BCUT2D eigenvalue weighted by Gasteiger charge is -2.27. The average molecular weight is 249 g/mol. The minimum absolute atomic E-state index is 0.191. The van der Waals surface area contributed by atoms with Crippen LogP contribution in [0.15, 0.2) is 18.2 Å². The summed E-state index contributed by atoms with van der Waals surface area (Å²) in [6.07, 6.45) is 2.67. The summed E-state index contributed by atoms with van der Waals surface area (Å²) in [6.45, 7) is 1.35. The maximum atomic E-state index is 11.7. The first-order valence-corrected chi connectivity index (χ1v) is 6.05. The first kappa shape index (κ1) is 11.9. The van der Waals surface area contributed by atoms with Gasteiger partial charge in [-0.05, 0) is 30.5 Å². The molecule has 0 N–H and O–H groups in total. The third-order valence-corrected chi connectivity index (χ3v) is 3.32. The van der Waals surface area contributed by atoms with Crippen LogP contribution < -0.4 is 0 Å². The first-order valence-electron chi connectivity index (χ1n) is 5.67. The molecule has 0 atom stereocenters. The standard InChI is InChI=1S/C13H13ClN2O/c14-12-7-10(8-15)4-5-11(12)9-16-6-2-1-3-13(16)17/h4-5,7H,1-3,6,9H2. The Labute approximate surface area is 106 Å². The number of amides is 1. The molecule has 0 bridgehead atoms. The number of piperidine rings is 1. The van der Waals surface area contributed by atoms with E-state index >= 15 is 0 Å². The SMILES string of the molecule is N#Cc1ccc(CN2CCCCC2=O)c(Cl)c1. The molecular formula is C13H13ClN2O. The Morgan fingerprint density at radius 3 is 2.88 bits per heavy atom. The van der Waals surface area contributed by atoms with Gasteiger partial charge >= 0.3 is 0 Å². The number of carbonyl (C=O) groups is 1. The van der Waals surface area contributed by atoms with Crippen molar-refractivity contribution in [2.24, 2.45) is 0 Å². The number of halogens is 1. The summed E-state index contributed by atoms with van der Waals surface area (Å²) >= 11 is 6.09. The smallest absolute Gasteiger partial charge is 0.222 e. The molecule has 0 saturated carbocycles. The van der Waals surface area contributed by atoms with Crippen LogP contribution in [0.2, 0.25) is 5.02 Å². The fraction of sp³-hybridized carbons (Fsp3) is 0.385. The minimum Gasteiger partial charge on any atom is -0.338 e. The molecular weight excluding hydrogens is 236 g/mol. The molecule has 1 aromatic carbocycles. The van der Waals surface area contributed by atoms with E-state index in [-0.39, 0.29) is 5.91 Å². The van der Waals surface area contributed by atoms with Gasteiger partial charge in [0.2, 0.25) is 5.91 Å². The average Bonchev–Trinajstić information content (AvgIpc) is 2.34. The van der Waals surface area contributed by atoms with E-state index in [0.29, 0.717) is 23.6 Å². The summed E-state index contributed by atoms with van der Waals surface area (Å²) in [5, 5.41) is 9.30. The first-order chi connectivity index (χ1) is 8.20. The van der Waals surface area contributed by atoms with Crippen LogP contribution in [0.4, 0.5) is 0 Å². The summed E-state index contributed by atoms with van der Waals surface area (Å²) in [5.41, 5.74) is 1.45. The quantitative estimate of drug-likeness (QED) is 0.808. The summed E-state index contributed by atoms with van der Waals surface area (Å²) < 4.78 is 0. The number of hydrogen-bond acceptors (Lipinski definition) is 2. The minimum atomic E-state index is 0.191. The van der Waals surface area contributed by atoms with E-state index in [1.54, 1.807) is 12.1 Å². The molecule has 0 spiro atoms. The molecule has 1 fully saturated rings. The summed E-state index contributed by atoms with van der Waals surface area (Å²) in [5.74, 6) is 0.191. The Bertz CT molecular complexity index is 479. The van der Waals surface area contributed by atoms with E-state index in [9.17, 15) is 4.79 Å². The van der Waals surface area contributed by atoms with Gasteiger partial charge in [0.1, 0.15) is 0 Å². The molecule has 1 aliphatic heterocycles. The molecule has 0 unspecified atom stereocenters. The van der Waals surface area contributed by atoms with Crippen LogP contribution >= 0.6 is 11.6 Å².